The molecule has 2 aromatic heterocycles. The highest BCUT2D eigenvalue weighted by molar-refractivity contribution is 7.14. The van der Waals surface area contributed by atoms with E-state index in [2.05, 4.69) is 10.1 Å². The number of carbonyl (C=O) groups is 1. The van der Waals surface area contributed by atoms with Gasteiger partial charge in [0.25, 0.3) is 0 Å². The molecule has 0 radical (unpaired) electrons. The summed E-state index contributed by atoms with van der Waals surface area (Å²) in [7, 11) is 0. The highest BCUT2D eigenvalue weighted by atomic mass is 35.5. The summed E-state index contributed by atoms with van der Waals surface area (Å²) < 4.78 is 6.90. The molecule has 5 nitrogen and oxygen atoms in total. The average Bonchev–Trinajstić information content (AvgIpc) is 3.01. The molecule has 0 saturated carbocycles. The second-order valence-electron chi connectivity index (χ2n) is 3.23. The van der Waals surface area contributed by atoms with E-state index in [1.807, 2.05) is 13.8 Å². The number of thiazole rings is 1. The van der Waals surface area contributed by atoms with Crippen LogP contribution in [0.15, 0.2) is 17.8 Å². The fourth-order valence-electron chi connectivity index (χ4n) is 1.30. The van der Waals surface area contributed by atoms with Crippen LogP contribution in [0.3, 0.4) is 0 Å². The van der Waals surface area contributed by atoms with Gasteiger partial charge in [0.05, 0.1) is 19.2 Å². The monoisotopic (exact) mass is 301 g/mol. The molecule has 0 spiro atoms. The van der Waals surface area contributed by atoms with Gasteiger partial charge >= 0.3 is 5.97 Å². The maximum atomic E-state index is 11.3. The number of esters is 1. The number of aromatic nitrogens is 3. The van der Waals surface area contributed by atoms with E-state index in [0.29, 0.717) is 16.9 Å². The van der Waals surface area contributed by atoms with Gasteiger partial charge in [-0.2, -0.15) is 5.10 Å². The Morgan fingerprint density at radius 3 is 2.84 bits per heavy atom. The van der Waals surface area contributed by atoms with Crippen LogP contribution in [0.1, 0.15) is 26.3 Å². The van der Waals surface area contributed by atoms with Crippen molar-refractivity contribution < 1.29 is 9.53 Å². The summed E-state index contributed by atoms with van der Waals surface area (Å²) >= 11 is 7.07. The summed E-state index contributed by atoms with van der Waals surface area (Å²) in [5.74, 6) is 0.387. The normalized spacial score (nSPS) is 9.68. The van der Waals surface area contributed by atoms with Crippen molar-refractivity contribution in [1.29, 1.82) is 0 Å². The molecule has 2 aromatic rings. The van der Waals surface area contributed by atoms with Gasteiger partial charge in [-0.1, -0.05) is 25.4 Å². The number of hydrogen-bond acceptors (Lipinski definition) is 5. The lowest BCUT2D eigenvalue weighted by Crippen LogP contribution is -2.06. The summed E-state index contributed by atoms with van der Waals surface area (Å²) in [5.41, 5.74) is 0.785. The summed E-state index contributed by atoms with van der Waals surface area (Å²) in [5, 5.41) is 5.90. The third-order valence-electron chi connectivity index (χ3n) is 1.99. The minimum absolute atomic E-state index is 0.214. The molecule has 2 heterocycles. The summed E-state index contributed by atoms with van der Waals surface area (Å²) in [6.45, 7) is 6.16. The molecule has 2 rings (SSSR count). The fourth-order valence-corrected chi connectivity index (χ4v) is 2.03. The van der Waals surface area contributed by atoms with E-state index in [9.17, 15) is 4.79 Å². The Bertz CT molecular complexity index is 525. The van der Waals surface area contributed by atoms with Gasteiger partial charge in [0.2, 0.25) is 0 Å². The van der Waals surface area contributed by atoms with Crippen LogP contribution in [0, 0.1) is 0 Å². The molecule has 0 fully saturated rings. The SMILES string of the molecule is CC.CCOC(=O)Cc1cnn(-c2csc(Cl)n2)c1. The molecule has 19 heavy (non-hydrogen) atoms. The van der Waals surface area contributed by atoms with E-state index in [-0.39, 0.29) is 12.4 Å². The van der Waals surface area contributed by atoms with Crippen LogP contribution in [0.25, 0.3) is 5.82 Å². The van der Waals surface area contributed by atoms with Gasteiger partial charge in [-0.25, -0.2) is 9.67 Å². The van der Waals surface area contributed by atoms with Crippen molar-refractivity contribution in [3.05, 3.63) is 27.8 Å². The van der Waals surface area contributed by atoms with Gasteiger partial charge in [0, 0.05) is 17.1 Å². The first kappa shape index (κ1) is 15.7. The molecule has 0 aliphatic rings. The molecule has 0 aliphatic carbocycles. The van der Waals surface area contributed by atoms with Gasteiger partial charge in [0.1, 0.15) is 0 Å². The van der Waals surface area contributed by atoms with E-state index < -0.39 is 0 Å². The Morgan fingerprint density at radius 1 is 1.53 bits per heavy atom. The van der Waals surface area contributed by atoms with Crippen molar-refractivity contribution in [3.63, 3.8) is 0 Å². The van der Waals surface area contributed by atoms with Gasteiger partial charge in [-0.05, 0) is 6.92 Å². The number of nitrogens with zero attached hydrogens (tertiary/aromatic N) is 3. The standard InChI is InChI=1S/C10H10ClN3O2S.C2H6/c1-2-16-9(15)3-7-4-12-14(5-7)8-6-17-10(11)13-8;1-2/h4-6H,2-3H2,1H3;1-2H3. The molecule has 0 aromatic carbocycles. The fraction of sp³-hybridized carbons (Fsp3) is 0.417. The molecule has 7 heteroatoms. The third-order valence-corrected chi connectivity index (χ3v) is 2.95. The lowest BCUT2D eigenvalue weighted by molar-refractivity contribution is -0.142. The second kappa shape index (κ2) is 7.91. The smallest absolute Gasteiger partial charge is 0.310 e. The van der Waals surface area contributed by atoms with Crippen LogP contribution in [0.2, 0.25) is 4.47 Å². The Balaban J connectivity index is 0.000000861. The molecule has 0 unspecified atom stereocenters. The molecule has 0 aliphatic heterocycles. The first-order chi connectivity index (χ1) is 9.19. The van der Waals surface area contributed by atoms with E-state index in [0.717, 1.165) is 5.56 Å². The molecular formula is C12H16ClN3O2S. The molecular weight excluding hydrogens is 286 g/mol. The zero-order valence-corrected chi connectivity index (χ0v) is 12.7. The van der Waals surface area contributed by atoms with Gasteiger partial charge in [0.15, 0.2) is 10.3 Å². The number of halogens is 1. The predicted octanol–water partition coefficient (Wildman–Crippen LogP) is 3.11. The summed E-state index contributed by atoms with van der Waals surface area (Å²) in [4.78, 5) is 15.3. The topological polar surface area (TPSA) is 57.0 Å². The summed E-state index contributed by atoms with van der Waals surface area (Å²) in [6.07, 6.45) is 3.57. The van der Waals surface area contributed by atoms with E-state index in [1.54, 1.807) is 29.4 Å². The lowest BCUT2D eigenvalue weighted by atomic mass is 10.3. The van der Waals surface area contributed by atoms with Crippen LogP contribution in [0.5, 0.6) is 0 Å². The van der Waals surface area contributed by atoms with E-state index in [1.165, 1.54) is 11.3 Å². The number of rotatable bonds is 4. The number of carbonyl (C=O) groups excluding carboxylic acids is 1. The number of ether oxygens (including phenoxy) is 1. The molecule has 0 bridgehead atoms. The second-order valence-corrected chi connectivity index (χ2v) is 4.67. The van der Waals surface area contributed by atoms with E-state index in [4.69, 9.17) is 16.3 Å². The highest BCUT2D eigenvalue weighted by Gasteiger charge is 2.08. The predicted molar refractivity (Wildman–Crippen MR) is 75.9 cm³/mol. The minimum atomic E-state index is -0.261. The first-order valence-electron chi connectivity index (χ1n) is 5.99. The Morgan fingerprint density at radius 2 is 2.26 bits per heavy atom. The van der Waals surface area contributed by atoms with Gasteiger partial charge in [-0.3, -0.25) is 4.79 Å². The molecule has 0 atom stereocenters. The van der Waals surface area contributed by atoms with Crippen molar-refractivity contribution in [2.45, 2.75) is 27.2 Å². The first-order valence-corrected chi connectivity index (χ1v) is 7.25. The quantitative estimate of drug-likeness (QED) is 0.814. The Hall–Kier alpha value is -1.40. The maximum absolute atomic E-state index is 11.3. The van der Waals surface area contributed by atoms with Crippen LogP contribution in [-0.2, 0) is 16.0 Å². The Labute approximate surface area is 121 Å². The van der Waals surface area contributed by atoms with Crippen molar-refractivity contribution >= 4 is 28.9 Å². The van der Waals surface area contributed by atoms with Crippen molar-refractivity contribution in [3.8, 4) is 5.82 Å². The van der Waals surface area contributed by atoms with Crippen molar-refractivity contribution in [1.82, 2.24) is 14.8 Å². The summed E-state index contributed by atoms with van der Waals surface area (Å²) in [6, 6.07) is 0. The maximum Gasteiger partial charge on any atom is 0.310 e. The number of hydrogen-bond donors (Lipinski definition) is 0. The average molecular weight is 302 g/mol. The lowest BCUT2D eigenvalue weighted by Gasteiger charge is -1.98. The van der Waals surface area contributed by atoms with Crippen LogP contribution < -0.4 is 0 Å². The zero-order chi connectivity index (χ0) is 14.3. The Kier molecular flexibility index (Phi) is 6.52. The van der Waals surface area contributed by atoms with Crippen LogP contribution >= 0.6 is 22.9 Å². The van der Waals surface area contributed by atoms with Gasteiger partial charge in [-0.15, -0.1) is 11.3 Å². The van der Waals surface area contributed by atoms with Gasteiger partial charge < -0.3 is 4.74 Å². The molecule has 0 amide bonds. The van der Waals surface area contributed by atoms with Crippen LogP contribution in [-0.4, -0.2) is 27.3 Å². The van der Waals surface area contributed by atoms with E-state index >= 15 is 0 Å². The van der Waals surface area contributed by atoms with Crippen LogP contribution in [0.4, 0.5) is 0 Å². The third kappa shape index (κ3) is 4.65. The van der Waals surface area contributed by atoms with Crippen molar-refractivity contribution in [2.75, 3.05) is 6.61 Å². The molecule has 104 valence electrons. The largest absolute Gasteiger partial charge is 0.466 e. The molecule has 0 N–H and O–H groups in total. The molecule has 0 saturated heterocycles. The van der Waals surface area contributed by atoms with Crippen molar-refractivity contribution in [2.24, 2.45) is 0 Å². The zero-order valence-electron chi connectivity index (χ0n) is 11.1. The minimum Gasteiger partial charge on any atom is -0.466 e. The highest BCUT2D eigenvalue weighted by Crippen LogP contribution is 2.18.